The summed E-state index contributed by atoms with van der Waals surface area (Å²) in [7, 11) is 0. The number of rotatable bonds is 7. The van der Waals surface area contributed by atoms with E-state index in [1.165, 1.54) is 0 Å². The Morgan fingerprint density at radius 2 is 1.52 bits per heavy atom. The van der Waals surface area contributed by atoms with Crippen molar-refractivity contribution in [2.75, 3.05) is 6.61 Å². The van der Waals surface area contributed by atoms with Crippen LogP contribution >= 0.6 is 0 Å². The maximum Gasteiger partial charge on any atom is 0.407 e. The summed E-state index contributed by atoms with van der Waals surface area (Å²) in [6, 6.07) is 14.5. The number of nitrogens with one attached hydrogen (secondary N) is 2. The number of hydrogen-bond acceptors (Lipinski definition) is 5. The van der Waals surface area contributed by atoms with Gasteiger partial charge in [0.15, 0.2) is 0 Å². The van der Waals surface area contributed by atoms with Crippen molar-refractivity contribution >= 4 is 18.0 Å². The summed E-state index contributed by atoms with van der Waals surface area (Å²) in [6.07, 6.45) is 0.618. The van der Waals surface area contributed by atoms with Crippen LogP contribution in [0.1, 0.15) is 49.1 Å². The van der Waals surface area contributed by atoms with Gasteiger partial charge in [-0.25, -0.2) is 4.79 Å². The first-order valence-electron chi connectivity index (χ1n) is 11.2. The van der Waals surface area contributed by atoms with E-state index in [0.717, 1.165) is 22.3 Å². The van der Waals surface area contributed by atoms with Gasteiger partial charge in [0.2, 0.25) is 5.91 Å². The third-order valence-corrected chi connectivity index (χ3v) is 6.37. The molecule has 1 fully saturated rings. The number of amides is 2. The lowest BCUT2D eigenvalue weighted by atomic mass is 9.93. The van der Waals surface area contributed by atoms with Crippen LogP contribution in [0.25, 0.3) is 11.1 Å². The Balaban J connectivity index is 1.38. The molecule has 2 amide bonds. The Morgan fingerprint density at radius 1 is 0.939 bits per heavy atom. The first-order valence-corrected chi connectivity index (χ1v) is 11.2. The third-order valence-electron chi connectivity index (χ3n) is 6.37. The van der Waals surface area contributed by atoms with Gasteiger partial charge in [-0.1, -0.05) is 48.5 Å². The Bertz CT molecular complexity index is 986. The van der Waals surface area contributed by atoms with Crippen molar-refractivity contribution in [2.45, 2.75) is 56.2 Å². The number of carbonyl (C=O) groups excluding carboxylic acids is 2. The van der Waals surface area contributed by atoms with Gasteiger partial charge < -0.3 is 25.6 Å². The van der Waals surface area contributed by atoms with E-state index in [0.29, 0.717) is 25.7 Å². The highest BCUT2D eigenvalue weighted by Crippen LogP contribution is 2.44. The van der Waals surface area contributed by atoms with E-state index in [4.69, 9.17) is 4.74 Å². The SMILES string of the molecule is O=C(O)CC(NC(=O)OCC1c2ccccc2-c2ccccc21)C(=O)NC1CCC(O)CC1. The summed E-state index contributed by atoms with van der Waals surface area (Å²) in [4.78, 5) is 36.4. The zero-order valence-corrected chi connectivity index (χ0v) is 18.2. The molecule has 2 aromatic carbocycles. The standard InChI is InChI=1S/C25H28N2O6/c28-16-11-9-15(10-12-16)26-24(31)22(13-23(29)30)27-25(32)33-14-21-19-7-3-1-5-17(19)18-6-2-4-8-20(18)21/h1-8,15-16,21-22,28H,9-14H2,(H,26,31)(H,27,32)(H,29,30). The van der Waals surface area contributed by atoms with Crippen LogP contribution in [0.4, 0.5) is 4.79 Å². The molecule has 1 atom stereocenters. The predicted octanol–water partition coefficient (Wildman–Crippen LogP) is 2.79. The van der Waals surface area contributed by atoms with E-state index in [1.807, 2.05) is 48.5 Å². The summed E-state index contributed by atoms with van der Waals surface area (Å²) in [5.41, 5.74) is 4.32. The molecule has 2 aromatic rings. The number of carboxylic acids is 1. The molecule has 4 rings (SSSR count). The van der Waals surface area contributed by atoms with E-state index in [1.54, 1.807) is 0 Å². The maximum atomic E-state index is 12.6. The van der Waals surface area contributed by atoms with Crippen LogP contribution in [-0.4, -0.2) is 53.0 Å². The van der Waals surface area contributed by atoms with Gasteiger partial charge in [-0.05, 0) is 47.9 Å². The fourth-order valence-corrected chi connectivity index (χ4v) is 4.69. The molecule has 2 aliphatic carbocycles. The van der Waals surface area contributed by atoms with Crippen LogP contribution in [0, 0.1) is 0 Å². The lowest BCUT2D eigenvalue weighted by molar-refractivity contribution is -0.140. The average Bonchev–Trinajstić information content (AvgIpc) is 3.12. The van der Waals surface area contributed by atoms with Gasteiger partial charge in [-0.3, -0.25) is 9.59 Å². The fourth-order valence-electron chi connectivity index (χ4n) is 4.69. The summed E-state index contributed by atoms with van der Waals surface area (Å²) >= 11 is 0. The number of fused-ring (bicyclic) bond motifs is 3. The normalized spacial score (nSPS) is 20.3. The van der Waals surface area contributed by atoms with Crippen molar-refractivity contribution < 1.29 is 29.3 Å². The highest BCUT2D eigenvalue weighted by atomic mass is 16.5. The minimum atomic E-state index is -1.25. The van der Waals surface area contributed by atoms with E-state index < -0.39 is 30.4 Å². The number of benzene rings is 2. The van der Waals surface area contributed by atoms with Gasteiger partial charge in [0, 0.05) is 12.0 Å². The molecule has 0 aliphatic heterocycles. The Kier molecular flexibility index (Phi) is 6.93. The smallest absolute Gasteiger partial charge is 0.407 e. The van der Waals surface area contributed by atoms with Gasteiger partial charge in [0.25, 0.3) is 0 Å². The molecule has 0 heterocycles. The van der Waals surface area contributed by atoms with E-state index in [2.05, 4.69) is 10.6 Å². The topological polar surface area (TPSA) is 125 Å². The number of aliphatic hydroxyl groups excluding tert-OH is 1. The second-order valence-corrected chi connectivity index (χ2v) is 8.63. The molecule has 2 aliphatic rings. The van der Waals surface area contributed by atoms with Crippen molar-refractivity contribution in [2.24, 2.45) is 0 Å². The van der Waals surface area contributed by atoms with Crippen LogP contribution in [0.2, 0.25) is 0 Å². The van der Waals surface area contributed by atoms with Gasteiger partial charge in [-0.15, -0.1) is 0 Å². The molecule has 1 unspecified atom stereocenters. The number of alkyl carbamates (subject to hydrolysis) is 1. The largest absolute Gasteiger partial charge is 0.481 e. The molecule has 0 spiro atoms. The number of ether oxygens (including phenoxy) is 1. The Labute approximate surface area is 192 Å². The number of hydrogen-bond donors (Lipinski definition) is 4. The summed E-state index contributed by atoms with van der Waals surface area (Å²) in [5, 5.41) is 24.0. The molecule has 8 heteroatoms. The zero-order valence-electron chi connectivity index (χ0n) is 18.2. The van der Waals surface area contributed by atoms with Crippen molar-refractivity contribution in [1.82, 2.24) is 10.6 Å². The molecule has 0 aromatic heterocycles. The minimum Gasteiger partial charge on any atom is -0.481 e. The van der Waals surface area contributed by atoms with E-state index >= 15 is 0 Å². The fraction of sp³-hybridized carbons (Fsp3) is 0.400. The second kappa shape index (κ2) is 10.0. The maximum absolute atomic E-state index is 12.6. The second-order valence-electron chi connectivity index (χ2n) is 8.63. The minimum absolute atomic E-state index is 0.0712. The first-order chi connectivity index (χ1) is 15.9. The molecule has 0 bridgehead atoms. The number of carboxylic acid groups (broad SMARTS) is 1. The molecular weight excluding hydrogens is 424 g/mol. The highest BCUT2D eigenvalue weighted by molar-refractivity contribution is 5.89. The number of aliphatic hydroxyl groups is 1. The van der Waals surface area contributed by atoms with Gasteiger partial charge in [-0.2, -0.15) is 0 Å². The predicted molar refractivity (Wildman–Crippen MR) is 121 cm³/mol. The monoisotopic (exact) mass is 452 g/mol. The lowest BCUT2D eigenvalue weighted by Gasteiger charge is -2.28. The van der Waals surface area contributed by atoms with Crippen molar-refractivity contribution in [1.29, 1.82) is 0 Å². The van der Waals surface area contributed by atoms with Crippen LogP contribution in [0.3, 0.4) is 0 Å². The molecule has 33 heavy (non-hydrogen) atoms. The molecule has 0 radical (unpaired) electrons. The summed E-state index contributed by atoms with van der Waals surface area (Å²) in [6.45, 7) is 0.0712. The van der Waals surface area contributed by atoms with Crippen molar-refractivity contribution in [3.63, 3.8) is 0 Å². The molecule has 174 valence electrons. The van der Waals surface area contributed by atoms with E-state index in [-0.39, 0.29) is 24.7 Å². The molecule has 8 nitrogen and oxygen atoms in total. The summed E-state index contributed by atoms with van der Waals surface area (Å²) < 4.78 is 5.45. The summed E-state index contributed by atoms with van der Waals surface area (Å²) in [5.74, 6) is -1.90. The van der Waals surface area contributed by atoms with Gasteiger partial charge in [0.1, 0.15) is 12.6 Å². The Hall–Kier alpha value is -3.39. The van der Waals surface area contributed by atoms with Crippen LogP contribution in [0.5, 0.6) is 0 Å². The van der Waals surface area contributed by atoms with Crippen LogP contribution in [0.15, 0.2) is 48.5 Å². The highest BCUT2D eigenvalue weighted by Gasteiger charge is 2.31. The molecule has 1 saturated carbocycles. The van der Waals surface area contributed by atoms with Gasteiger partial charge >= 0.3 is 12.1 Å². The Morgan fingerprint density at radius 3 is 2.09 bits per heavy atom. The zero-order chi connectivity index (χ0) is 23.4. The van der Waals surface area contributed by atoms with E-state index in [9.17, 15) is 24.6 Å². The van der Waals surface area contributed by atoms with Crippen molar-refractivity contribution in [3.8, 4) is 11.1 Å². The number of aliphatic carboxylic acids is 1. The number of carbonyl (C=O) groups is 3. The average molecular weight is 453 g/mol. The van der Waals surface area contributed by atoms with Crippen LogP contribution in [-0.2, 0) is 14.3 Å². The third kappa shape index (κ3) is 5.34. The van der Waals surface area contributed by atoms with Gasteiger partial charge in [0.05, 0.1) is 12.5 Å². The van der Waals surface area contributed by atoms with Crippen LogP contribution < -0.4 is 10.6 Å². The first kappa shape index (κ1) is 22.8. The van der Waals surface area contributed by atoms with Crippen molar-refractivity contribution in [3.05, 3.63) is 59.7 Å². The molecule has 4 N–H and O–H groups in total. The molecular formula is C25H28N2O6. The molecule has 0 saturated heterocycles. The lowest BCUT2D eigenvalue weighted by Crippen LogP contribution is -2.51. The quantitative estimate of drug-likeness (QED) is 0.512.